The maximum atomic E-state index is 11.1. The van der Waals surface area contributed by atoms with Crippen molar-refractivity contribution >= 4 is 34.4 Å². The Labute approximate surface area is 182 Å². The minimum absolute atomic E-state index is 0.0170. The molecule has 0 radical (unpaired) electrons. The number of nitrogens with zero attached hydrogens (tertiary/aromatic N) is 5. The van der Waals surface area contributed by atoms with Gasteiger partial charge in [-0.15, -0.1) is 0 Å². The van der Waals surface area contributed by atoms with Crippen molar-refractivity contribution in [1.29, 1.82) is 0 Å². The van der Waals surface area contributed by atoms with Gasteiger partial charge >= 0.3 is 0 Å². The fourth-order valence-electron chi connectivity index (χ4n) is 3.35. The Morgan fingerprint density at radius 2 is 2.09 bits per heavy atom. The molecule has 0 spiro atoms. The lowest BCUT2D eigenvalue weighted by molar-refractivity contribution is -0.384. The molecule has 10 heteroatoms. The summed E-state index contributed by atoms with van der Waals surface area (Å²) in [4.78, 5) is 23.2. The van der Waals surface area contributed by atoms with Crippen molar-refractivity contribution in [3.05, 3.63) is 94.4 Å². The van der Waals surface area contributed by atoms with E-state index in [0.29, 0.717) is 28.2 Å². The summed E-state index contributed by atoms with van der Waals surface area (Å²) in [7, 11) is 0. The van der Waals surface area contributed by atoms with Crippen molar-refractivity contribution in [2.45, 2.75) is 6.92 Å². The van der Waals surface area contributed by atoms with Crippen molar-refractivity contribution in [3.8, 4) is 5.75 Å². The maximum absolute atomic E-state index is 11.1. The van der Waals surface area contributed by atoms with Crippen LogP contribution in [0.3, 0.4) is 0 Å². The SMILES string of the molecule is Cc1cc(Nc2ncnc3ccc([N+](=O)[O-])cc23)ccc1OC1=CC2=CN=CNN2C=C1. The molecule has 10 nitrogen and oxygen atoms in total. The quantitative estimate of drug-likeness (QED) is 0.462. The largest absolute Gasteiger partial charge is 0.457 e. The number of allylic oxidation sites excluding steroid dienone is 2. The van der Waals surface area contributed by atoms with Gasteiger partial charge in [0, 0.05) is 35.5 Å². The van der Waals surface area contributed by atoms with Crippen molar-refractivity contribution < 1.29 is 9.66 Å². The number of aromatic nitrogens is 2. The Hall–Kier alpha value is -4.73. The van der Waals surface area contributed by atoms with Crippen LogP contribution in [0.1, 0.15) is 5.56 Å². The van der Waals surface area contributed by atoms with Crippen LogP contribution in [0.5, 0.6) is 5.75 Å². The molecule has 0 unspecified atom stereocenters. The number of hydrazine groups is 1. The van der Waals surface area contributed by atoms with E-state index in [0.717, 1.165) is 16.9 Å². The number of aliphatic imine (C=N–C) groups is 1. The van der Waals surface area contributed by atoms with Crippen molar-refractivity contribution in [2.24, 2.45) is 4.99 Å². The van der Waals surface area contributed by atoms with Gasteiger partial charge in [-0.2, -0.15) is 0 Å². The molecule has 0 aliphatic carbocycles. The van der Waals surface area contributed by atoms with Gasteiger partial charge in [0.1, 0.15) is 30.0 Å². The number of anilines is 2. The van der Waals surface area contributed by atoms with Crippen LogP contribution in [-0.4, -0.2) is 26.2 Å². The normalized spacial score (nSPS) is 14.3. The molecule has 0 saturated carbocycles. The Morgan fingerprint density at radius 1 is 1.19 bits per heavy atom. The van der Waals surface area contributed by atoms with Gasteiger partial charge in [-0.25, -0.2) is 15.0 Å². The van der Waals surface area contributed by atoms with E-state index in [2.05, 4.69) is 25.7 Å². The number of non-ortho nitro benzene ring substituents is 1. The molecular weight excluding hydrogens is 410 g/mol. The zero-order valence-corrected chi connectivity index (χ0v) is 16.9. The topological polar surface area (TPSA) is 118 Å². The van der Waals surface area contributed by atoms with Gasteiger partial charge in [0.15, 0.2) is 0 Å². The maximum Gasteiger partial charge on any atom is 0.270 e. The number of benzene rings is 2. The first-order valence-corrected chi connectivity index (χ1v) is 9.69. The Bertz CT molecular complexity index is 1360. The number of hydrogen-bond donors (Lipinski definition) is 2. The number of nitrogens with one attached hydrogen (secondary N) is 2. The molecule has 2 aliphatic heterocycles. The molecule has 3 aromatic rings. The molecule has 158 valence electrons. The highest BCUT2D eigenvalue weighted by Crippen LogP contribution is 2.30. The van der Waals surface area contributed by atoms with Crippen molar-refractivity contribution in [2.75, 3.05) is 5.32 Å². The summed E-state index contributed by atoms with van der Waals surface area (Å²) in [5.41, 5.74) is 6.15. The van der Waals surface area contributed by atoms with Crippen LogP contribution < -0.4 is 15.5 Å². The van der Waals surface area contributed by atoms with E-state index < -0.39 is 4.92 Å². The lowest BCUT2D eigenvalue weighted by Gasteiger charge is -2.26. The molecule has 5 rings (SSSR count). The first kappa shape index (κ1) is 19.2. The van der Waals surface area contributed by atoms with E-state index in [4.69, 9.17) is 4.74 Å². The van der Waals surface area contributed by atoms with Crippen LogP contribution in [0.4, 0.5) is 17.2 Å². The van der Waals surface area contributed by atoms with Gasteiger partial charge in [-0.05, 0) is 42.8 Å². The first-order valence-electron chi connectivity index (χ1n) is 9.69. The van der Waals surface area contributed by atoms with Crippen molar-refractivity contribution in [1.82, 2.24) is 20.4 Å². The zero-order chi connectivity index (χ0) is 22.1. The van der Waals surface area contributed by atoms with E-state index in [1.54, 1.807) is 18.6 Å². The number of nitro groups is 1. The predicted octanol–water partition coefficient (Wildman–Crippen LogP) is 4.07. The van der Waals surface area contributed by atoms with Gasteiger partial charge in [-0.3, -0.25) is 20.5 Å². The molecular formula is C22H17N7O3. The summed E-state index contributed by atoms with van der Waals surface area (Å²) >= 11 is 0. The Morgan fingerprint density at radius 3 is 2.94 bits per heavy atom. The molecule has 1 aromatic heterocycles. The molecule has 3 heterocycles. The second kappa shape index (κ2) is 7.84. The Balaban J connectivity index is 1.38. The summed E-state index contributed by atoms with van der Waals surface area (Å²) in [6.07, 6.45) is 10.4. The van der Waals surface area contributed by atoms with Gasteiger partial charge in [0.05, 0.1) is 22.3 Å². The van der Waals surface area contributed by atoms with Crippen LogP contribution >= 0.6 is 0 Å². The molecule has 0 amide bonds. The summed E-state index contributed by atoms with van der Waals surface area (Å²) in [6.45, 7) is 1.94. The van der Waals surface area contributed by atoms with E-state index in [1.807, 2.05) is 48.5 Å². The zero-order valence-electron chi connectivity index (χ0n) is 16.9. The van der Waals surface area contributed by atoms with Gasteiger partial charge in [0.2, 0.25) is 0 Å². The third-order valence-corrected chi connectivity index (χ3v) is 4.93. The molecule has 32 heavy (non-hydrogen) atoms. The van der Waals surface area contributed by atoms with E-state index in [9.17, 15) is 10.1 Å². The van der Waals surface area contributed by atoms with Gasteiger partial charge < -0.3 is 10.1 Å². The molecule has 2 aromatic carbocycles. The monoisotopic (exact) mass is 427 g/mol. The summed E-state index contributed by atoms with van der Waals surface area (Å²) < 4.78 is 6.05. The average Bonchev–Trinajstić information content (AvgIpc) is 2.80. The van der Waals surface area contributed by atoms with Crippen LogP contribution in [-0.2, 0) is 0 Å². The number of ether oxygens (including phenoxy) is 1. The highest BCUT2D eigenvalue weighted by molar-refractivity contribution is 5.92. The third kappa shape index (κ3) is 3.72. The fourth-order valence-corrected chi connectivity index (χ4v) is 3.35. The number of nitro benzene ring substituents is 1. The smallest absolute Gasteiger partial charge is 0.270 e. The second-order valence-electron chi connectivity index (χ2n) is 7.08. The molecule has 0 fully saturated rings. The van der Waals surface area contributed by atoms with Gasteiger partial charge in [-0.1, -0.05) is 0 Å². The number of fused-ring (bicyclic) bond motifs is 2. The van der Waals surface area contributed by atoms with Crippen LogP contribution in [0.15, 0.2) is 83.7 Å². The lowest BCUT2D eigenvalue weighted by atomic mass is 10.1. The van der Waals surface area contributed by atoms with Crippen LogP contribution in [0, 0.1) is 17.0 Å². The molecule has 0 saturated heterocycles. The Kier molecular flexibility index (Phi) is 4.71. The van der Waals surface area contributed by atoms with Crippen LogP contribution in [0.25, 0.3) is 10.9 Å². The summed E-state index contributed by atoms with van der Waals surface area (Å²) in [5.74, 6) is 1.88. The van der Waals surface area contributed by atoms with Crippen LogP contribution in [0.2, 0.25) is 0 Å². The minimum atomic E-state index is -0.439. The average molecular weight is 427 g/mol. The standard InChI is InChI=1S/C22H17N7O3/c1-14-8-15(27-22-19-10-16(29(30)31)3-4-20(19)24-13-25-22)2-5-21(14)32-18-6-7-28-17(9-18)11-23-12-26-28/h2-13H,1H3,(H,23,26)(H,24,25,27). The lowest BCUT2D eigenvalue weighted by Crippen LogP contribution is -2.34. The molecule has 2 aliphatic rings. The summed E-state index contributed by atoms with van der Waals surface area (Å²) in [6, 6.07) is 10.1. The number of rotatable bonds is 5. The highest BCUT2D eigenvalue weighted by Gasteiger charge is 2.15. The summed E-state index contributed by atoms with van der Waals surface area (Å²) in [5, 5.41) is 16.8. The third-order valence-electron chi connectivity index (χ3n) is 4.93. The van der Waals surface area contributed by atoms with E-state index in [-0.39, 0.29) is 5.69 Å². The fraction of sp³-hybridized carbons (Fsp3) is 0.0455. The number of aryl methyl sites for hydroxylation is 1. The van der Waals surface area contributed by atoms with E-state index >= 15 is 0 Å². The molecule has 0 bridgehead atoms. The highest BCUT2D eigenvalue weighted by atomic mass is 16.6. The molecule has 2 N–H and O–H groups in total. The van der Waals surface area contributed by atoms with E-state index in [1.165, 1.54) is 18.5 Å². The predicted molar refractivity (Wildman–Crippen MR) is 120 cm³/mol. The minimum Gasteiger partial charge on any atom is -0.457 e. The second-order valence-corrected chi connectivity index (χ2v) is 7.08. The van der Waals surface area contributed by atoms with Crippen molar-refractivity contribution in [3.63, 3.8) is 0 Å². The van der Waals surface area contributed by atoms with Gasteiger partial charge in [0.25, 0.3) is 5.69 Å². The molecule has 0 atom stereocenters. The number of hydrogen-bond acceptors (Lipinski definition) is 9. The first-order chi connectivity index (χ1) is 15.6.